The molecule has 0 atom stereocenters. The molecule has 0 saturated carbocycles. The number of aromatic nitrogens is 3. The lowest BCUT2D eigenvalue weighted by Crippen LogP contribution is -2.30. The van der Waals surface area contributed by atoms with Gasteiger partial charge in [0.25, 0.3) is 0 Å². The third kappa shape index (κ3) is 2.84. The van der Waals surface area contributed by atoms with Crippen LogP contribution in [-0.2, 0) is 0 Å². The number of piperidine rings is 1. The maximum Gasteiger partial charge on any atom is 0.231 e. The molecule has 5 rings (SSSR count). The lowest BCUT2D eigenvalue weighted by molar-refractivity contribution is 0.174. The van der Waals surface area contributed by atoms with E-state index in [2.05, 4.69) is 20.9 Å². The van der Waals surface area contributed by atoms with Crippen LogP contribution in [0.4, 0.5) is 5.82 Å². The van der Waals surface area contributed by atoms with Crippen molar-refractivity contribution < 1.29 is 9.47 Å². The second-order valence-electron chi connectivity index (χ2n) is 6.65. The Labute approximate surface area is 158 Å². The van der Waals surface area contributed by atoms with E-state index in [4.69, 9.17) is 14.5 Å². The summed E-state index contributed by atoms with van der Waals surface area (Å²) >= 11 is 0. The number of fused-ring (bicyclic) bond motifs is 2. The van der Waals surface area contributed by atoms with Gasteiger partial charge in [-0.15, -0.1) is 12.4 Å². The average Bonchev–Trinajstić information content (AvgIpc) is 3.27. The molecule has 7 heteroatoms. The number of hydrogen-bond donors (Lipinski definition) is 1. The number of anilines is 1. The number of aryl methyl sites for hydroxylation is 1. The monoisotopic (exact) mass is 372 g/mol. The van der Waals surface area contributed by atoms with Gasteiger partial charge in [0.1, 0.15) is 11.3 Å². The molecule has 6 nitrogen and oxygen atoms in total. The standard InChI is InChI=1S/C19H20N4O2.ClH/c1-12-20-15-10-14(13-5-6-16-17(9-13)25-11-24-16)22-18(15)19(21-12)23-7-3-2-4-8-23;/h5-6,9-10,22H,2-4,7-8,11H2,1H3;1H. The first kappa shape index (κ1) is 17.0. The summed E-state index contributed by atoms with van der Waals surface area (Å²) in [6.45, 7) is 4.36. The first-order chi connectivity index (χ1) is 12.3. The lowest BCUT2D eigenvalue weighted by atomic mass is 10.1. The molecule has 0 spiro atoms. The maximum absolute atomic E-state index is 5.50. The Kier molecular flexibility index (Phi) is 4.36. The highest BCUT2D eigenvalue weighted by molar-refractivity contribution is 5.91. The Morgan fingerprint density at radius 1 is 1.00 bits per heavy atom. The number of hydrogen-bond acceptors (Lipinski definition) is 5. The predicted molar refractivity (Wildman–Crippen MR) is 103 cm³/mol. The summed E-state index contributed by atoms with van der Waals surface area (Å²) in [5, 5.41) is 0. The summed E-state index contributed by atoms with van der Waals surface area (Å²) in [7, 11) is 0. The fourth-order valence-electron chi connectivity index (χ4n) is 3.66. The molecule has 0 aliphatic carbocycles. The number of nitrogens with zero attached hydrogens (tertiary/aromatic N) is 3. The first-order valence-corrected chi connectivity index (χ1v) is 8.80. The second-order valence-corrected chi connectivity index (χ2v) is 6.65. The van der Waals surface area contributed by atoms with Crippen LogP contribution in [0.5, 0.6) is 11.5 Å². The third-order valence-corrected chi connectivity index (χ3v) is 4.91. The van der Waals surface area contributed by atoms with Crippen LogP contribution in [0, 0.1) is 6.92 Å². The predicted octanol–water partition coefficient (Wildman–Crippen LogP) is 4.07. The van der Waals surface area contributed by atoms with E-state index in [1.54, 1.807) is 0 Å². The minimum atomic E-state index is 0. The minimum Gasteiger partial charge on any atom is -0.454 e. The number of H-pyrrole nitrogens is 1. The zero-order chi connectivity index (χ0) is 16.8. The molecule has 1 aromatic carbocycles. The van der Waals surface area contributed by atoms with Crippen molar-refractivity contribution in [3.05, 3.63) is 30.1 Å². The van der Waals surface area contributed by atoms with Gasteiger partial charge in [-0.1, -0.05) is 0 Å². The summed E-state index contributed by atoms with van der Waals surface area (Å²) in [6.07, 6.45) is 3.75. The normalized spacial score (nSPS) is 16.0. The van der Waals surface area contributed by atoms with Crippen LogP contribution in [0.1, 0.15) is 25.1 Å². The quantitative estimate of drug-likeness (QED) is 0.734. The van der Waals surface area contributed by atoms with Gasteiger partial charge in [-0.05, 0) is 50.5 Å². The highest BCUT2D eigenvalue weighted by Crippen LogP contribution is 2.37. The van der Waals surface area contributed by atoms with Gasteiger partial charge in [0, 0.05) is 24.3 Å². The van der Waals surface area contributed by atoms with Crippen molar-refractivity contribution in [3.63, 3.8) is 0 Å². The minimum absolute atomic E-state index is 0. The molecule has 0 amide bonds. The van der Waals surface area contributed by atoms with Gasteiger partial charge in [-0.2, -0.15) is 0 Å². The Morgan fingerprint density at radius 3 is 2.65 bits per heavy atom. The lowest BCUT2D eigenvalue weighted by Gasteiger charge is -2.28. The Balaban J connectivity index is 0.00000168. The molecule has 1 N–H and O–H groups in total. The molecule has 2 aromatic heterocycles. The van der Waals surface area contributed by atoms with Gasteiger partial charge < -0.3 is 19.4 Å². The zero-order valence-electron chi connectivity index (χ0n) is 14.6. The fourth-order valence-corrected chi connectivity index (χ4v) is 3.66. The van der Waals surface area contributed by atoms with Crippen molar-refractivity contribution in [2.45, 2.75) is 26.2 Å². The van der Waals surface area contributed by atoms with Crippen molar-refractivity contribution in [1.29, 1.82) is 0 Å². The average molecular weight is 373 g/mol. The van der Waals surface area contributed by atoms with Gasteiger partial charge in [0.2, 0.25) is 6.79 Å². The van der Waals surface area contributed by atoms with Crippen LogP contribution in [0.2, 0.25) is 0 Å². The highest BCUT2D eigenvalue weighted by Gasteiger charge is 2.19. The number of rotatable bonds is 2. The first-order valence-electron chi connectivity index (χ1n) is 8.80. The molecular weight excluding hydrogens is 352 g/mol. The van der Waals surface area contributed by atoms with Gasteiger partial charge >= 0.3 is 0 Å². The molecule has 0 bridgehead atoms. The molecule has 1 fully saturated rings. The molecule has 2 aliphatic rings. The largest absolute Gasteiger partial charge is 0.454 e. The van der Waals surface area contributed by atoms with E-state index >= 15 is 0 Å². The molecule has 3 aromatic rings. The van der Waals surface area contributed by atoms with E-state index in [1.807, 2.05) is 25.1 Å². The van der Waals surface area contributed by atoms with Gasteiger partial charge in [0.05, 0.1) is 5.52 Å². The van der Waals surface area contributed by atoms with Crippen LogP contribution >= 0.6 is 12.4 Å². The van der Waals surface area contributed by atoms with Crippen molar-refractivity contribution in [2.75, 3.05) is 24.8 Å². The van der Waals surface area contributed by atoms with Crippen LogP contribution in [0.25, 0.3) is 22.3 Å². The van der Waals surface area contributed by atoms with Crippen LogP contribution in [-0.4, -0.2) is 34.8 Å². The van der Waals surface area contributed by atoms with Gasteiger partial charge in [-0.3, -0.25) is 0 Å². The second kappa shape index (κ2) is 6.68. The Morgan fingerprint density at radius 2 is 1.81 bits per heavy atom. The maximum atomic E-state index is 5.50. The van der Waals surface area contributed by atoms with Crippen molar-refractivity contribution in [2.24, 2.45) is 0 Å². The van der Waals surface area contributed by atoms with Crippen molar-refractivity contribution in [3.8, 4) is 22.8 Å². The molecule has 26 heavy (non-hydrogen) atoms. The Bertz CT molecular complexity index is 950. The smallest absolute Gasteiger partial charge is 0.231 e. The number of halogens is 1. The molecular formula is C19H21ClN4O2. The molecule has 0 unspecified atom stereocenters. The third-order valence-electron chi connectivity index (χ3n) is 4.91. The zero-order valence-corrected chi connectivity index (χ0v) is 15.4. The van der Waals surface area contributed by atoms with Gasteiger partial charge in [-0.25, -0.2) is 9.97 Å². The summed E-state index contributed by atoms with van der Waals surface area (Å²) in [5.41, 5.74) is 4.05. The van der Waals surface area contributed by atoms with Crippen molar-refractivity contribution >= 4 is 29.3 Å². The summed E-state index contributed by atoms with van der Waals surface area (Å²) in [5.74, 6) is 3.41. The SMILES string of the molecule is Cc1nc(N2CCCCC2)c2[nH]c(-c3ccc4c(c3)OCO4)cc2n1.Cl. The molecule has 2 aliphatic heterocycles. The number of aromatic amines is 1. The number of benzene rings is 1. The molecule has 0 radical (unpaired) electrons. The highest BCUT2D eigenvalue weighted by atomic mass is 35.5. The van der Waals surface area contributed by atoms with Crippen LogP contribution < -0.4 is 14.4 Å². The van der Waals surface area contributed by atoms with E-state index in [-0.39, 0.29) is 19.2 Å². The molecule has 136 valence electrons. The molecule has 4 heterocycles. The fraction of sp³-hybridized carbons (Fsp3) is 0.368. The van der Waals surface area contributed by atoms with E-state index in [0.29, 0.717) is 0 Å². The van der Waals surface area contributed by atoms with Gasteiger partial charge in [0.15, 0.2) is 17.3 Å². The van der Waals surface area contributed by atoms with E-state index in [0.717, 1.165) is 58.5 Å². The molecule has 1 saturated heterocycles. The van der Waals surface area contributed by atoms with Crippen LogP contribution in [0.15, 0.2) is 24.3 Å². The number of ether oxygens (including phenoxy) is 2. The van der Waals surface area contributed by atoms with Crippen molar-refractivity contribution in [1.82, 2.24) is 15.0 Å². The summed E-state index contributed by atoms with van der Waals surface area (Å²) in [4.78, 5) is 15.3. The Hall–Kier alpha value is -2.47. The van der Waals surface area contributed by atoms with E-state index in [9.17, 15) is 0 Å². The van der Waals surface area contributed by atoms with Crippen LogP contribution in [0.3, 0.4) is 0 Å². The summed E-state index contributed by atoms with van der Waals surface area (Å²) in [6, 6.07) is 8.09. The van der Waals surface area contributed by atoms with E-state index < -0.39 is 0 Å². The summed E-state index contributed by atoms with van der Waals surface area (Å²) < 4.78 is 10.9. The number of nitrogens with one attached hydrogen (secondary N) is 1. The topological polar surface area (TPSA) is 63.3 Å². The van der Waals surface area contributed by atoms with E-state index in [1.165, 1.54) is 19.3 Å².